The monoisotopic (exact) mass is 809 g/mol. The number of pyridine rings is 1. The molecule has 1 fully saturated rings. The first-order valence-electron chi connectivity index (χ1n) is 18.1. The van der Waals surface area contributed by atoms with Gasteiger partial charge in [0.05, 0.1) is 48.2 Å². The SMILES string of the molecule is COc1nc(-c2cccc(-c3cccc(-c4cc5c(=O)n(C)c(CNCCCF)nn5c4)c3Cl)c2Cl)cc(F)c1CN(C[C@@H]1CCC(=O)N1)C(=O)OC(C)(C)C. The summed E-state index contributed by atoms with van der Waals surface area (Å²) in [7, 11) is 3.00. The van der Waals surface area contributed by atoms with E-state index in [0.29, 0.717) is 76.5 Å². The van der Waals surface area contributed by atoms with Crippen molar-refractivity contribution in [2.75, 3.05) is 26.9 Å². The van der Waals surface area contributed by atoms with E-state index >= 15 is 4.39 Å². The second-order valence-electron chi connectivity index (χ2n) is 14.5. The van der Waals surface area contributed by atoms with Crippen molar-refractivity contribution in [3.8, 4) is 39.4 Å². The largest absolute Gasteiger partial charge is 0.481 e. The fourth-order valence-electron chi connectivity index (χ4n) is 6.54. The molecule has 0 saturated carbocycles. The van der Waals surface area contributed by atoms with Gasteiger partial charge in [-0.05, 0) is 46.2 Å². The van der Waals surface area contributed by atoms with Gasteiger partial charge in [-0.3, -0.25) is 18.5 Å². The maximum atomic E-state index is 16.2. The third-order valence-corrected chi connectivity index (χ3v) is 10.1. The predicted molar refractivity (Wildman–Crippen MR) is 211 cm³/mol. The smallest absolute Gasteiger partial charge is 0.410 e. The Morgan fingerprint density at radius 3 is 2.39 bits per heavy atom. The number of carbonyl (C=O) groups is 2. The topological polar surface area (TPSA) is 132 Å². The molecule has 1 atom stereocenters. The summed E-state index contributed by atoms with van der Waals surface area (Å²) in [6.45, 7) is 5.39. The Kier molecular flexibility index (Phi) is 12.3. The number of fused-ring (bicyclic) bond motifs is 1. The van der Waals surface area contributed by atoms with Gasteiger partial charge in [0.15, 0.2) is 0 Å². The number of methoxy groups -OCH3 is 1. The van der Waals surface area contributed by atoms with Crippen LogP contribution in [0.15, 0.2) is 59.5 Å². The van der Waals surface area contributed by atoms with Crippen LogP contribution >= 0.6 is 23.2 Å². The average Bonchev–Trinajstić information content (AvgIpc) is 3.77. The van der Waals surface area contributed by atoms with Crippen LogP contribution in [-0.4, -0.2) is 74.6 Å². The minimum Gasteiger partial charge on any atom is -0.481 e. The fraction of sp³-hybridized carbons (Fsp3) is 0.375. The summed E-state index contributed by atoms with van der Waals surface area (Å²) in [6, 6.07) is 13.3. The zero-order valence-corrected chi connectivity index (χ0v) is 33.2. The summed E-state index contributed by atoms with van der Waals surface area (Å²) >= 11 is 14.1. The molecule has 1 saturated heterocycles. The van der Waals surface area contributed by atoms with Gasteiger partial charge in [0.25, 0.3) is 5.56 Å². The van der Waals surface area contributed by atoms with Crippen molar-refractivity contribution in [1.82, 2.24) is 34.7 Å². The van der Waals surface area contributed by atoms with E-state index in [4.69, 9.17) is 32.7 Å². The Hall–Kier alpha value is -5.05. The number of rotatable bonds is 13. The molecule has 12 nitrogen and oxygen atoms in total. The van der Waals surface area contributed by atoms with Crippen molar-refractivity contribution in [2.45, 2.75) is 64.8 Å². The van der Waals surface area contributed by atoms with Gasteiger partial charge in [-0.1, -0.05) is 59.6 Å². The maximum Gasteiger partial charge on any atom is 0.410 e. The normalized spacial score (nSPS) is 14.3. The first-order chi connectivity index (χ1) is 26.7. The molecule has 6 rings (SSSR count). The van der Waals surface area contributed by atoms with E-state index < -0.39 is 24.2 Å². The highest BCUT2D eigenvalue weighted by atomic mass is 35.5. The lowest BCUT2D eigenvalue weighted by molar-refractivity contribution is -0.119. The zero-order valence-electron chi connectivity index (χ0n) is 31.7. The molecule has 16 heteroatoms. The number of alkyl halides is 1. The van der Waals surface area contributed by atoms with Crippen LogP contribution in [0.5, 0.6) is 5.88 Å². The third-order valence-electron chi connectivity index (χ3n) is 9.33. The van der Waals surface area contributed by atoms with Crippen LogP contribution < -0.4 is 20.9 Å². The molecule has 1 aliphatic heterocycles. The van der Waals surface area contributed by atoms with E-state index in [9.17, 15) is 18.8 Å². The maximum absolute atomic E-state index is 16.2. The molecule has 4 heterocycles. The molecule has 56 heavy (non-hydrogen) atoms. The van der Waals surface area contributed by atoms with E-state index in [-0.39, 0.29) is 52.8 Å². The third kappa shape index (κ3) is 8.82. The van der Waals surface area contributed by atoms with Crippen LogP contribution in [0.25, 0.3) is 39.0 Å². The van der Waals surface area contributed by atoms with E-state index in [1.54, 1.807) is 64.3 Å². The molecule has 0 radical (unpaired) electrons. The summed E-state index contributed by atoms with van der Waals surface area (Å²) in [5.41, 5.74) is 2.32. The Labute approximate surface area is 332 Å². The summed E-state index contributed by atoms with van der Waals surface area (Å²) in [4.78, 5) is 44.4. The highest BCUT2D eigenvalue weighted by Gasteiger charge is 2.31. The van der Waals surface area contributed by atoms with E-state index in [2.05, 4.69) is 20.7 Å². The number of nitrogens with zero attached hydrogens (tertiary/aromatic N) is 5. The predicted octanol–water partition coefficient (Wildman–Crippen LogP) is 7.35. The molecular weight excluding hydrogens is 767 g/mol. The van der Waals surface area contributed by atoms with Crippen molar-refractivity contribution in [2.24, 2.45) is 7.05 Å². The van der Waals surface area contributed by atoms with Crippen LogP contribution in [0.2, 0.25) is 10.0 Å². The lowest BCUT2D eigenvalue weighted by Gasteiger charge is -2.29. The van der Waals surface area contributed by atoms with Gasteiger partial charge in [-0.25, -0.2) is 18.7 Å². The fourth-order valence-corrected chi connectivity index (χ4v) is 7.20. The number of nitrogens with one attached hydrogen (secondary N) is 2. The number of hydrogen-bond donors (Lipinski definition) is 2. The van der Waals surface area contributed by atoms with Crippen LogP contribution in [-0.2, 0) is 29.7 Å². The Bertz CT molecular complexity index is 2340. The molecule has 2 N–H and O–H groups in total. The average molecular weight is 811 g/mol. The van der Waals surface area contributed by atoms with Crippen molar-refractivity contribution >= 4 is 40.7 Å². The molecule has 1 aliphatic rings. The van der Waals surface area contributed by atoms with Crippen LogP contribution in [0.3, 0.4) is 0 Å². The molecule has 0 unspecified atom stereocenters. The number of amides is 2. The van der Waals surface area contributed by atoms with E-state index in [1.807, 2.05) is 12.1 Å². The standard InChI is InChI=1S/C40H43Cl2F2N7O5/c1-40(2,3)56-39(54)50(21-24-13-14-34(52)46-24)22-29-30(44)18-31(47-37(29)55-5)28-12-7-11-27(36(28)42)26-10-6-9-25(35(26)41)23-17-32-38(53)49(4)33(48-51(32)20-23)19-45-16-8-15-43/h6-7,9-12,17-18,20,24,45H,8,13-16,19,21-22H2,1-5H3,(H,46,52)/t24-/m0/s1. The molecule has 296 valence electrons. The van der Waals surface area contributed by atoms with Gasteiger partial charge >= 0.3 is 6.09 Å². The zero-order chi connectivity index (χ0) is 40.3. The molecule has 0 aliphatic carbocycles. The van der Waals surface area contributed by atoms with Crippen molar-refractivity contribution < 1.29 is 27.8 Å². The number of benzene rings is 2. The van der Waals surface area contributed by atoms with Crippen LogP contribution in [0, 0.1) is 5.82 Å². The lowest BCUT2D eigenvalue weighted by Crippen LogP contribution is -2.44. The molecule has 5 aromatic rings. The van der Waals surface area contributed by atoms with Crippen LogP contribution in [0.4, 0.5) is 13.6 Å². The van der Waals surface area contributed by atoms with Gasteiger partial charge in [0, 0.05) is 66.1 Å². The van der Waals surface area contributed by atoms with Crippen molar-refractivity contribution in [3.05, 3.63) is 92.3 Å². The molecule has 0 bridgehead atoms. The Balaban J connectivity index is 1.32. The highest BCUT2D eigenvalue weighted by Crippen LogP contribution is 2.43. The summed E-state index contributed by atoms with van der Waals surface area (Å²) < 4.78 is 42.9. The van der Waals surface area contributed by atoms with Crippen molar-refractivity contribution in [1.29, 1.82) is 0 Å². The Morgan fingerprint density at radius 2 is 1.75 bits per heavy atom. The minimum atomic E-state index is -0.810. The van der Waals surface area contributed by atoms with Gasteiger partial charge in [0.1, 0.15) is 22.8 Å². The first-order valence-corrected chi connectivity index (χ1v) is 18.9. The highest BCUT2D eigenvalue weighted by molar-refractivity contribution is 6.39. The molecular formula is C40H43Cl2F2N7O5. The van der Waals surface area contributed by atoms with E-state index in [1.165, 1.54) is 27.2 Å². The molecule has 2 amide bonds. The summed E-state index contributed by atoms with van der Waals surface area (Å²) in [5, 5.41) is 11.2. The van der Waals surface area contributed by atoms with Gasteiger partial charge < -0.3 is 25.0 Å². The van der Waals surface area contributed by atoms with E-state index in [0.717, 1.165) is 0 Å². The van der Waals surface area contributed by atoms with Gasteiger partial charge in [-0.15, -0.1) is 0 Å². The number of aromatic nitrogens is 4. The second-order valence-corrected chi connectivity index (χ2v) is 15.3. The number of ether oxygens (including phenoxy) is 2. The second kappa shape index (κ2) is 17.0. The minimum absolute atomic E-state index is 0.0268. The number of halogens is 4. The number of hydrogen-bond acceptors (Lipinski definition) is 8. The van der Waals surface area contributed by atoms with Crippen LogP contribution in [0.1, 0.15) is 51.4 Å². The molecule has 3 aromatic heterocycles. The first kappa shape index (κ1) is 40.6. The summed E-state index contributed by atoms with van der Waals surface area (Å²) in [6.07, 6.45) is 2.27. The molecule has 0 spiro atoms. The number of carbonyl (C=O) groups excluding carboxylic acids is 2. The van der Waals surface area contributed by atoms with Gasteiger partial charge in [0.2, 0.25) is 11.8 Å². The van der Waals surface area contributed by atoms with Crippen molar-refractivity contribution in [3.63, 3.8) is 0 Å². The lowest BCUT2D eigenvalue weighted by atomic mass is 9.97. The van der Waals surface area contributed by atoms with Gasteiger partial charge in [-0.2, -0.15) is 5.10 Å². The Morgan fingerprint density at radius 1 is 1.07 bits per heavy atom. The molecule has 2 aromatic carbocycles. The summed E-state index contributed by atoms with van der Waals surface area (Å²) in [5.74, 6) is -0.364. The quantitative estimate of drug-likeness (QED) is 0.118.